The molecular weight excluding hydrogens is 250 g/mol. The second kappa shape index (κ2) is 6.35. The van der Waals surface area contributed by atoms with Crippen LogP contribution in [0.15, 0.2) is 40.3 Å². The first-order chi connectivity index (χ1) is 8.52. The Morgan fingerprint density at radius 1 is 1.28 bits per heavy atom. The quantitative estimate of drug-likeness (QED) is 0.803. The van der Waals surface area contributed by atoms with E-state index >= 15 is 0 Å². The van der Waals surface area contributed by atoms with Gasteiger partial charge in [-0.15, -0.1) is 0 Å². The van der Waals surface area contributed by atoms with Crippen molar-refractivity contribution in [3.05, 3.63) is 40.9 Å². The summed E-state index contributed by atoms with van der Waals surface area (Å²) in [6, 6.07) is 6.53. The molecule has 18 heavy (non-hydrogen) atoms. The van der Waals surface area contributed by atoms with Crippen LogP contribution >= 0.6 is 0 Å². The average Bonchev–Trinajstić information content (AvgIpc) is 2.35. The summed E-state index contributed by atoms with van der Waals surface area (Å²) in [7, 11) is -3.63. The van der Waals surface area contributed by atoms with Crippen molar-refractivity contribution in [1.82, 2.24) is 5.32 Å². The van der Waals surface area contributed by atoms with Crippen LogP contribution in [0.4, 0.5) is 0 Å². The van der Waals surface area contributed by atoms with Gasteiger partial charge in [-0.25, -0.2) is 8.42 Å². The molecule has 4 nitrogen and oxygen atoms in total. The van der Waals surface area contributed by atoms with E-state index in [9.17, 15) is 13.2 Å². The van der Waals surface area contributed by atoms with Crippen LogP contribution in [0.5, 0.6) is 0 Å². The summed E-state index contributed by atoms with van der Waals surface area (Å²) in [5.74, 6) is 0. The van der Waals surface area contributed by atoms with Crippen LogP contribution in [0.25, 0.3) is 0 Å². The molecule has 0 spiro atoms. The number of rotatable bonds is 6. The number of unbranched alkanes of at least 4 members (excludes halogenated alkanes) is 1. The maximum Gasteiger partial charge on any atom is 0.221 e. The first-order valence-electron chi connectivity index (χ1n) is 5.74. The van der Waals surface area contributed by atoms with Crippen LogP contribution < -0.4 is 5.32 Å². The largest absolute Gasteiger partial charge is 0.319 e. The van der Waals surface area contributed by atoms with Crippen molar-refractivity contribution in [1.29, 1.82) is 0 Å². The van der Waals surface area contributed by atoms with Crippen molar-refractivity contribution in [2.75, 3.05) is 0 Å². The fraction of sp³-hybridized carbons (Fsp3) is 0.308. The minimum absolute atomic E-state index is 0.0526. The smallest absolute Gasteiger partial charge is 0.221 e. The lowest BCUT2D eigenvalue weighted by Crippen LogP contribution is -2.19. The van der Waals surface area contributed by atoms with Crippen molar-refractivity contribution in [3.63, 3.8) is 0 Å². The lowest BCUT2D eigenvalue weighted by Gasteiger charge is -2.08. The van der Waals surface area contributed by atoms with Gasteiger partial charge in [-0.2, -0.15) is 0 Å². The molecule has 0 aliphatic carbocycles. The zero-order chi connectivity index (χ0) is 13.6. The number of nitrogens with one attached hydrogen (secondary N) is 1. The van der Waals surface area contributed by atoms with E-state index in [0.717, 1.165) is 12.0 Å². The molecule has 0 fully saturated rings. The Kier molecular flexibility index (Phi) is 5.09. The van der Waals surface area contributed by atoms with E-state index < -0.39 is 9.84 Å². The Balaban J connectivity index is 3.16. The molecule has 1 aromatic carbocycles. The molecule has 0 radical (unpaired) electrons. The van der Waals surface area contributed by atoms with Crippen molar-refractivity contribution in [2.45, 2.75) is 31.6 Å². The van der Waals surface area contributed by atoms with E-state index in [4.69, 9.17) is 0 Å². The van der Waals surface area contributed by atoms with Crippen LogP contribution in [0.2, 0.25) is 0 Å². The van der Waals surface area contributed by atoms with Gasteiger partial charge in [0.15, 0.2) is 0 Å². The van der Waals surface area contributed by atoms with Gasteiger partial charge >= 0.3 is 0 Å². The summed E-state index contributed by atoms with van der Waals surface area (Å²) in [6.45, 7) is 3.82. The number of benzene rings is 1. The zero-order valence-electron chi connectivity index (χ0n) is 10.5. The van der Waals surface area contributed by atoms with E-state index in [-0.39, 0.29) is 9.92 Å². The summed E-state index contributed by atoms with van der Waals surface area (Å²) in [5, 5.41) is 2.21. The number of sulfone groups is 1. The molecule has 98 valence electrons. The fourth-order valence-electron chi connectivity index (χ4n) is 1.42. The van der Waals surface area contributed by atoms with Gasteiger partial charge < -0.3 is 5.32 Å². The molecule has 0 saturated carbocycles. The van der Waals surface area contributed by atoms with Crippen molar-refractivity contribution < 1.29 is 13.2 Å². The minimum atomic E-state index is -3.63. The van der Waals surface area contributed by atoms with Crippen molar-refractivity contribution >= 4 is 16.2 Å². The van der Waals surface area contributed by atoms with Gasteiger partial charge in [0, 0.05) is 0 Å². The van der Waals surface area contributed by atoms with E-state index in [1.54, 1.807) is 12.1 Å². The maximum absolute atomic E-state index is 12.2. The average molecular weight is 267 g/mol. The van der Waals surface area contributed by atoms with Crippen molar-refractivity contribution in [3.8, 4) is 0 Å². The summed E-state index contributed by atoms with van der Waals surface area (Å²) in [4.78, 5) is 10.7. The Hall–Kier alpha value is -1.62. The minimum Gasteiger partial charge on any atom is -0.319 e. The third kappa shape index (κ3) is 3.43. The Morgan fingerprint density at radius 2 is 1.89 bits per heavy atom. The van der Waals surface area contributed by atoms with Gasteiger partial charge in [-0.3, -0.25) is 4.79 Å². The molecule has 0 unspecified atom stereocenters. The molecule has 1 amide bonds. The third-order valence-electron chi connectivity index (χ3n) is 2.44. The normalized spacial score (nSPS) is 12.2. The van der Waals surface area contributed by atoms with Gasteiger partial charge in [-0.05, 0) is 31.6 Å². The summed E-state index contributed by atoms with van der Waals surface area (Å²) < 4.78 is 24.5. The zero-order valence-corrected chi connectivity index (χ0v) is 11.3. The highest BCUT2D eigenvalue weighted by Gasteiger charge is 2.19. The highest BCUT2D eigenvalue weighted by molar-refractivity contribution is 7.95. The molecule has 0 bridgehead atoms. The molecule has 1 rings (SSSR count). The molecule has 1 N–H and O–H groups in total. The lowest BCUT2D eigenvalue weighted by atomic mass is 10.2. The predicted octanol–water partition coefficient (Wildman–Crippen LogP) is 2.16. The lowest BCUT2D eigenvalue weighted by molar-refractivity contribution is -0.108. The topological polar surface area (TPSA) is 63.2 Å². The second-order valence-corrected chi connectivity index (χ2v) is 5.85. The molecule has 0 saturated heterocycles. The molecule has 5 heteroatoms. The highest BCUT2D eigenvalue weighted by atomic mass is 32.2. The molecular formula is C13H17NO3S. The highest BCUT2D eigenvalue weighted by Crippen LogP contribution is 2.18. The number of aryl methyl sites for hydroxylation is 1. The van der Waals surface area contributed by atoms with Crippen LogP contribution in [-0.2, 0) is 14.6 Å². The van der Waals surface area contributed by atoms with E-state index in [1.807, 2.05) is 13.8 Å². The summed E-state index contributed by atoms with van der Waals surface area (Å²) in [5.41, 5.74) is 0.983. The standard InChI is InChI=1S/C13H17NO3S/c1-3-4-5-13(14-10-15)18(16,17)12-8-6-11(2)7-9-12/h5-10H,3-4H2,1-2H3,(H,14,15). The van der Waals surface area contributed by atoms with Crippen LogP contribution in [0.1, 0.15) is 25.3 Å². The Morgan fingerprint density at radius 3 is 2.39 bits per heavy atom. The first kappa shape index (κ1) is 14.4. The monoisotopic (exact) mass is 267 g/mol. The summed E-state index contributed by atoms with van der Waals surface area (Å²) in [6.07, 6.45) is 3.32. The van der Waals surface area contributed by atoms with E-state index in [0.29, 0.717) is 12.8 Å². The van der Waals surface area contributed by atoms with Crippen molar-refractivity contribution in [2.24, 2.45) is 0 Å². The molecule has 1 aromatic rings. The number of hydrogen-bond donors (Lipinski definition) is 1. The van der Waals surface area contributed by atoms with Gasteiger partial charge in [0.25, 0.3) is 0 Å². The predicted molar refractivity (Wildman–Crippen MR) is 70.6 cm³/mol. The molecule has 0 aromatic heterocycles. The molecule has 0 atom stereocenters. The number of carbonyl (C=O) groups excluding carboxylic acids is 1. The Labute approximate surface area is 108 Å². The van der Waals surface area contributed by atoms with Gasteiger partial charge in [0.05, 0.1) is 4.90 Å². The number of amides is 1. The number of carbonyl (C=O) groups is 1. The van der Waals surface area contributed by atoms with Gasteiger partial charge in [0.1, 0.15) is 5.03 Å². The second-order valence-electron chi connectivity index (χ2n) is 3.94. The summed E-state index contributed by atoms with van der Waals surface area (Å²) >= 11 is 0. The van der Waals surface area contributed by atoms with Gasteiger partial charge in [0.2, 0.25) is 16.2 Å². The maximum atomic E-state index is 12.2. The van der Waals surface area contributed by atoms with Gasteiger partial charge in [-0.1, -0.05) is 31.0 Å². The molecule has 0 aliphatic heterocycles. The van der Waals surface area contributed by atoms with Crippen LogP contribution in [0.3, 0.4) is 0 Å². The van der Waals surface area contributed by atoms with Crippen LogP contribution in [-0.4, -0.2) is 14.8 Å². The fourth-order valence-corrected chi connectivity index (χ4v) is 2.71. The van der Waals surface area contributed by atoms with E-state index in [2.05, 4.69) is 5.32 Å². The number of hydrogen-bond acceptors (Lipinski definition) is 3. The Bertz CT molecular complexity index is 530. The SMILES string of the molecule is CCCC=C(NC=O)S(=O)(=O)c1ccc(C)cc1. The van der Waals surface area contributed by atoms with Crippen LogP contribution in [0, 0.1) is 6.92 Å². The first-order valence-corrected chi connectivity index (χ1v) is 7.22. The third-order valence-corrected chi connectivity index (χ3v) is 4.20. The molecule has 0 heterocycles. The molecule has 0 aliphatic rings. The van der Waals surface area contributed by atoms with E-state index in [1.165, 1.54) is 18.2 Å². The number of allylic oxidation sites excluding steroid dienone is 1.